The lowest BCUT2D eigenvalue weighted by atomic mass is 10.0. The number of nitrogens with one attached hydrogen (secondary N) is 1. The smallest absolute Gasteiger partial charge is 0.241 e. The second kappa shape index (κ2) is 9.93. The first-order chi connectivity index (χ1) is 12.4. The highest BCUT2D eigenvalue weighted by molar-refractivity contribution is 7.93. The molecule has 7 heteroatoms. The normalized spacial score (nSPS) is 23.9. The molecule has 2 saturated carbocycles. The summed E-state index contributed by atoms with van der Waals surface area (Å²) in [7, 11) is -3.41. The van der Waals surface area contributed by atoms with Crippen molar-refractivity contribution in [3.8, 4) is 0 Å². The molecule has 0 aromatic rings. The van der Waals surface area contributed by atoms with E-state index in [4.69, 9.17) is 0 Å². The van der Waals surface area contributed by atoms with Gasteiger partial charge in [-0.15, -0.1) is 12.4 Å². The summed E-state index contributed by atoms with van der Waals surface area (Å²) in [5.41, 5.74) is 0. The molecule has 27 heavy (non-hydrogen) atoms. The van der Waals surface area contributed by atoms with Gasteiger partial charge in [-0.25, -0.2) is 8.42 Å². The van der Waals surface area contributed by atoms with Gasteiger partial charge >= 0.3 is 0 Å². The van der Waals surface area contributed by atoms with Crippen molar-refractivity contribution in [1.29, 1.82) is 0 Å². The van der Waals surface area contributed by atoms with Gasteiger partial charge in [-0.3, -0.25) is 4.79 Å². The predicted molar refractivity (Wildman–Crippen MR) is 112 cm³/mol. The lowest BCUT2D eigenvalue weighted by molar-refractivity contribution is -0.132. The zero-order valence-corrected chi connectivity index (χ0v) is 18.5. The molecule has 1 aliphatic heterocycles. The molecular formula is C20H37ClN2O3S. The molecule has 0 aromatic heterocycles. The third-order valence-corrected chi connectivity index (χ3v) is 9.27. The lowest BCUT2D eigenvalue weighted by Crippen LogP contribution is -2.52. The van der Waals surface area contributed by atoms with Gasteiger partial charge in [-0.1, -0.05) is 33.1 Å². The number of halogens is 1. The number of rotatable bonds is 7. The van der Waals surface area contributed by atoms with Crippen LogP contribution >= 0.6 is 12.4 Å². The summed E-state index contributed by atoms with van der Waals surface area (Å²) in [6, 6.07) is 0.479. The molecule has 0 aromatic carbocycles. The average molecular weight is 421 g/mol. The molecule has 0 bridgehead atoms. The van der Waals surface area contributed by atoms with Crippen molar-refractivity contribution in [2.24, 2.45) is 11.8 Å². The van der Waals surface area contributed by atoms with E-state index in [9.17, 15) is 13.2 Å². The lowest BCUT2D eigenvalue weighted by Gasteiger charge is -2.36. The Kier molecular flexibility index (Phi) is 8.44. The number of hydrogen-bond acceptors (Lipinski definition) is 4. The van der Waals surface area contributed by atoms with Crippen LogP contribution in [0.4, 0.5) is 0 Å². The van der Waals surface area contributed by atoms with E-state index in [2.05, 4.69) is 5.32 Å². The fourth-order valence-electron chi connectivity index (χ4n) is 4.55. The van der Waals surface area contributed by atoms with Gasteiger partial charge in [-0.05, 0) is 56.9 Å². The van der Waals surface area contributed by atoms with E-state index in [1.54, 1.807) is 0 Å². The first-order valence-corrected chi connectivity index (χ1v) is 12.3. The number of nitrogens with zero attached hydrogens (tertiary/aromatic N) is 1. The maximum atomic E-state index is 13.2. The fourth-order valence-corrected chi connectivity index (χ4v) is 7.14. The van der Waals surface area contributed by atoms with Gasteiger partial charge in [0, 0.05) is 19.1 Å². The molecule has 3 rings (SSSR count). The van der Waals surface area contributed by atoms with Crippen molar-refractivity contribution in [3.63, 3.8) is 0 Å². The largest absolute Gasteiger partial charge is 0.341 e. The minimum Gasteiger partial charge on any atom is -0.341 e. The third-order valence-electron chi connectivity index (χ3n) is 6.42. The van der Waals surface area contributed by atoms with E-state index in [0.717, 1.165) is 57.4 Å². The van der Waals surface area contributed by atoms with Gasteiger partial charge in [0.2, 0.25) is 5.91 Å². The molecule has 1 heterocycles. The topological polar surface area (TPSA) is 66.5 Å². The van der Waals surface area contributed by atoms with Crippen LogP contribution in [-0.4, -0.2) is 55.4 Å². The molecule has 1 amide bonds. The van der Waals surface area contributed by atoms with Crippen LogP contribution in [0.1, 0.15) is 71.6 Å². The van der Waals surface area contributed by atoms with Crippen LogP contribution in [0.3, 0.4) is 0 Å². The number of carbonyl (C=O) groups excluding carboxylic acids is 1. The summed E-state index contributed by atoms with van der Waals surface area (Å²) in [5.74, 6) is 0.548. The van der Waals surface area contributed by atoms with E-state index in [1.807, 2.05) is 18.7 Å². The fraction of sp³-hybridized carbons (Fsp3) is 0.950. The molecule has 158 valence electrons. The SMILES string of the molecule is CC(C)C(C(=O)N1CCC(NCC2CC2)CC1)S(=O)(=O)C1CCCCC1.Cl. The molecule has 3 aliphatic rings. The van der Waals surface area contributed by atoms with Crippen LogP contribution in [0.15, 0.2) is 0 Å². The second-order valence-corrected chi connectivity index (χ2v) is 11.3. The molecule has 2 aliphatic carbocycles. The highest BCUT2D eigenvalue weighted by Gasteiger charge is 2.43. The predicted octanol–water partition coefficient (Wildman–Crippen LogP) is 3.17. The molecule has 3 fully saturated rings. The van der Waals surface area contributed by atoms with Crippen LogP contribution in [-0.2, 0) is 14.6 Å². The molecule has 1 atom stereocenters. The Morgan fingerprint density at radius 2 is 1.59 bits per heavy atom. The first kappa shape index (κ1) is 23.0. The van der Waals surface area contributed by atoms with E-state index in [1.165, 1.54) is 12.8 Å². The second-order valence-electron chi connectivity index (χ2n) is 8.96. The standard InChI is InChI=1S/C20H36N2O3S.ClH/c1-15(2)19(26(24,25)18-6-4-3-5-7-18)20(23)22-12-10-17(11-13-22)21-14-16-8-9-16;/h15-19,21H,3-14H2,1-2H3;1H. The van der Waals surface area contributed by atoms with Gasteiger partial charge in [0.05, 0.1) is 5.25 Å². The van der Waals surface area contributed by atoms with Crippen LogP contribution < -0.4 is 5.32 Å². The maximum absolute atomic E-state index is 13.2. The molecule has 0 radical (unpaired) electrons. The van der Waals surface area contributed by atoms with E-state index in [-0.39, 0.29) is 29.5 Å². The Bertz CT molecular complexity index is 578. The minimum absolute atomic E-state index is 0. The summed E-state index contributed by atoms with van der Waals surface area (Å²) < 4.78 is 26.4. The van der Waals surface area contributed by atoms with Gasteiger partial charge in [0.15, 0.2) is 9.84 Å². The molecule has 5 nitrogen and oxygen atoms in total. The van der Waals surface area contributed by atoms with Crippen molar-refractivity contribution in [3.05, 3.63) is 0 Å². The number of hydrogen-bond donors (Lipinski definition) is 1. The van der Waals surface area contributed by atoms with Gasteiger partial charge in [0.25, 0.3) is 0 Å². The summed E-state index contributed by atoms with van der Waals surface area (Å²) >= 11 is 0. The van der Waals surface area contributed by atoms with Crippen molar-refractivity contribution in [2.45, 2.75) is 88.2 Å². The van der Waals surface area contributed by atoms with Gasteiger partial charge in [-0.2, -0.15) is 0 Å². The number of sulfone groups is 1. The zero-order valence-electron chi connectivity index (χ0n) is 16.9. The molecule has 1 saturated heterocycles. The van der Waals surface area contributed by atoms with E-state index < -0.39 is 15.1 Å². The van der Waals surface area contributed by atoms with Crippen LogP contribution in [0.5, 0.6) is 0 Å². The van der Waals surface area contributed by atoms with Gasteiger partial charge < -0.3 is 10.2 Å². The Hall–Kier alpha value is -0.330. The average Bonchev–Trinajstić information content (AvgIpc) is 3.45. The molecule has 0 spiro atoms. The Morgan fingerprint density at radius 1 is 1.00 bits per heavy atom. The highest BCUT2D eigenvalue weighted by Crippen LogP contribution is 2.31. The molecule has 1 unspecified atom stereocenters. The molecular weight excluding hydrogens is 384 g/mol. The number of piperidine rings is 1. The first-order valence-electron chi connectivity index (χ1n) is 10.6. The van der Waals surface area contributed by atoms with Crippen LogP contribution in [0.2, 0.25) is 0 Å². The van der Waals surface area contributed by atoms with Crippen molar-refractivity contribution in [2.75, 3.05) is 19.6 Å². The summed E-state index contributed by atoms with van der Waals surface area (Å²) in [5, 5.41) is 2.45. The van der Waals surface area contributed by atoms with Crippen molar-refractivity contribution in [1.82, 2.24) is 10.2 Å². The summed E-state index contributed by atoms with van der Waals surface area (Å²) in [6.07, 6.45) is 9.09. The maximum Gasteiger partial charge on any atom is 0.241 e. The third kappa shape index (κ3) is 5.83. The van der Waals surface area contributed by atoms with E-state index in [0.29, 0.717) is 19.1 Å². The summed E-state index contributed by atoms with van der Waals surface area (Å²) in [4.78, 5) is 15.0. The zero-order chi connectivity index (χ0) is 18.7. The van der Waals surface area contributed by atoms with Crippen LogP contribution in [0, 0.1) is 11.8 Å². The quantitative estimate of drug-likeness (QED) is 0.686. The Balaban J connectivity index is 0.00000261. The highest BCUT2D eigenvalue weighted by atomic mass is 35.5. The van der Waals surface area contributed by atoms with Crippen LogP contribution in [0.25, 0.3) is 0 Å². The van der Waals surface area contributed by atoms with Crippen molar-refractivity contribution < 1.29 is 13.2 Å². The van der Waals surface area contributed by atoms with Gasteiger partial charge in [0.1, 0.15) is 5.25 Å². The Morgan fingerprint density at radius 3 is 2.11 bits per heavy atom. The van der Waals surface area contributed by atoms with E-state index >= 15 is 0 Å². The molecule has 1 N–H and O–H groups in total. The van der Waals surface area contributed by atoms with Crippen molar-refractivity contribution >= 4 is 28.2 Å². The summed E-state index contributed by atoms with van der Waals surface area (Å²) in [6.45, 7) is 6.23. The Labute approximate surface area is 171 Å². The number of amides is 1. The minimum atomic E-state index is -3.41. The number of carbonyl (C=O) groups is 1. The number of likely N-dealkylation sites (tertiary alicyclic amines) is 1. The monoisotopic (exact) mass is 420 g/mol.